The third-order valence-electron chi connectivity index (χ3n) is 7.66. The highest BCUT2D eigenvalue weighted by Crippen LogP contribution is 2.40. The molecule has 9 heteroatoms. The molecule has 0 radical (unpaired) electrons. The summed E-state index contributed by atoms with van der Waals surface area (Å²) in [6.07, 6.45) is 5.51. The van der Waals surface area contributed by atoms with Crippen LogP contribution in [-0.4, -0.2) is 63.8 Å². The smallest absolute Gasteiger partial charge is 0.251 e. The molecule has 1 aliphatic carbocycles. The van der Waals surface area contributed by atoms with Crippen LogP contribution >= 0.6 is 0 Å². The SMILES string of the molecule is COc1cc(C(=O)NC2CCN(C)CC2)ccc1Nc1ncc2c(n1)-c1c(nn(C)c1-c1ccccc1)CC2. The van der Waals surface area contributed by atoms with Gasteiger partial charge in [0, 0.05) is 36.0 Å². The maximum absolute atomic E-state index is 12.9. The number of amides is 1. The van der Waals surface area contributed by atoms with E-state index >= 15 is 0 Å². The van der Waals surface area contributed by atoms with E-state index in [9.17, 15) is 4.79 Å². The van der Waals surface area contributed by atoms with Gasteiger partial charge in [0.05, 0.1) is 29.9 Å². The monoisotopic (exact) mass is 523 g/mol. The van der Waals surface area contributed by atoms with Crippen molar-refractivity contribution in [3.8, 4) is 28.3 Å². The lowest BCUT2D eigenvalue weighted by molar-refractivity contribution is 0.0916. The van der Waals surface area contributed by atoms with Crippen molar-refractivity contribution in [1.82, 2.24) is 30.0 Å². The van der Waals surface area contributed by atoms with Crippen LogP contribution in [0.25, 0.3) is 22.5 Å². The summed E-state index contributed by atoms with van der Waals surface area (Å²) < 4.78 is 7.59. The number of ether oxygens (including phenoxy) is 1. The highest BCUT2D eigenvalue weighted by Gasteiger charge is 2.27. The Kier molecular flexibility index (Phi) is 6.74. The fourth-order valence-electron chi connectivity index (χ4n) is 5.53. The van der Waals surface area contributed by atoms with Gasteiger partial charge in [-0.15, -0.1) is 0 Å². The van der Waals surface area contributed by atoms with Crippen LogP contribution < -0.4 is 15.4 Å². The van der Waals surface area contributed by atoms with Crippen LogP contribution in [0.2, 0.25) is 0 Å². The Labute approximate surface area is 228 Å². The fourth-order valence-corrected chi connectivity index (χ4v) is 5.53. The topological polar surface area (TPSA) is 97.2 Å². The molecule has 4 aromatic rings. The van der Waals surface area contributed by atoms with Gasteiger partial charge in [-0.3, -0.25) is 9.48 Å². The minimum atomic E-state index is -0.0861. The number of aromatic nitrogens is 4. The Morgan fingerprint density at radius 3 is 2.62 bits per heavy atom. The Morgan fingerprint density at radius 2 is 1.85 bits per heavy atom. The lowest BCUT2D eigenvalue weighted by atomic mass is 9.91. The van der Waals surface area contributed by atoms with Crippen molar-refractivity contribution in [3.63, 3.8) is 0 Å². The molecular weight excluding hydrogens is 490 g/mol. The summed E-state index contributed by atoms with van der Waals surface area (Å²) >= 11 is 0. The zero-order valence-corrected chi connectivity index (χ0v) is 22.6. The van der Waals surface area contributed by atoms with Gasteiger partial charge in [0.2, 0.25) is 5.95 Å². The molecular formula is C30H33N7O2. The Hall–Kier alpha value is -4.24. The molecule has 0 saturated carbocycles. The number of hydrogen-bond donors (Lipinski definition) is 2. The third-order valence-corrected chi connectivity index (χ3v) is 7.66. The van der Waals surface area contributed by atoms with Gasteiger partial charge in [-0.25, -0.2) is 9.97 Å². The van der Waals surface area contributed by atoms with E-state index in [-0.39, 0.29) is 11.9 Å². The fraction of sp³-hybridized carbons (Fsp3) is 0.333. The van der Waals surface area contributed by atoms with E-state index in [1.54, 1.807) is 19.2 Å². The Bertz CT molecular complexity index is 1510. The predicted octanol–water partition coefficient (Wildman–Crippen LogP) is 4.22. The number of carbonyl (C=O) groups excluding carboxylic acids is 1. The summed E-state index contributed by atoms with van der Waals surface area (Å²) in [7, 11) is 5.69. The molecule has 1 saturated heterocycles. The Morgan fingerprint density at radius 1 is 1.05 bits per heavy atom. The highest BCUT2D eigenvalue weighted by atomic mass is 16.5. The number of likely N-dealkylation sites (tertiary alicyclic amines) is 1. The summed E-state index contributed by atoms with van der Waals surface area (Å²) in [5.74, 6) is 0.933. The second kappa shape index (κ2) is 10.5. The number of methoxy groups -OCH3 is 1. The predicted molar refractivity (Wildman–Crippen MR) is 151 cm³/mol. The molecule has 9 nitrogen and oxygen atoms in total. The average Bonchev–Trinajstić information content (AvgIpc) is 3.31. The lowest BCUT2D eigenvalue weighted by Gasteiger charge is -2.29. The molecule has 0 spiro atoms. The molecule has 0 atom stereocenters. The van der Waals surface area contributed by atoms with Gasteiger partial charge in [-0.05, 0) is 69.6 Å². The van der Waals surface area contributed by atoms with E-state index in [0.29, 0.717) is 22.9 Å². The number of fused-ring (bicyclic) bond motifs is 3. The average molecular weight is 524 g/mol. The molecule has 200 valence electrons. The first-order valence-electron chi connectivity index (χ1n) is 13.4. The van der Waals surface area contributed by atoms with E-state index in [2.05, 4.69) is 39.7 Å². The molecule has 2 aromatic heterocycles. The van der Waals surface area contributed by atoms with Crippen LogP contribution in [0.4, 0.5) is 11.6 Å². The number of piperidine rings is 1. The molecule has 2 aromatic carbocycles. The molecule has 2 N–H and O–H groups in total. The van der Waals surface area contributed by atoms with Crippen molar-refractivity contribution in [2.24, 2.45) is 7.05 Å². The summed E-state index contributed by atoms with van der Waals surface area (Å²) in [5, 5.41) is 11.3. The van der Waals surface area contributed by atoms with Crippen molar-refractivity contribution in [2.75, 3.05) is 32.6 Å². The maximum Gasteiger partial charge on any atom is 0.251 e. The van der Waals surface area contributed by atoms with E-state index in [4.69, 9.17) is 14.8 Å². The second-order valence-corrected chi connectivity index (χ2v) is 10.3. The largest absolute Gasteiger partial charge is 0.495 e. The first kappa shape index (κ1) is 25.1. The second-order valence-electron chi connectivity index (χ2n) is 10.3. The molecule has 1 aliphatic heterocycles. The molecule has 0 unspecified atom stereocenters. The number of aryl methyl sites for hydroxylation is 3. The zero-order chi connectivity index (χ0) is 26.9. The van der Waals surface area contributed by atoms with Gasteiger partial charge in [-0.2, -0.15) is 5.10 Å². The van der Waals surface area contributed by atoms with Gasteiger partial charge in [0.25, 0.3) is 5.91 Å². The van der Waals surface area contributed by atoms with Crippen LogP contribution in [0.3, 0.4) is 0 Å². The minimum Gasteiger partial charge on any atom is -0.495 e. The number of rotatable bonds is 6. The summed E-state index contributed by atoms with van der Waals surface area (Å²) in [6, 6.07) is 15.9. The van der Waals surface area contributed by atoms with Crippen LogP contribution in [0.1, 0.15) is 34.5 Å². The standard InChI is InChI=1S/C30H33N7O2/c1-36-15-13-22(14-16-36)32-29(38)20-9-11-23(25(17-20)39-3)33-30-31-18-21-10-12-24-26(27(21)34-30)28(37(2)35-24)19-7-5-4-6-8-19/h4-9,11,17-18,22H,10,12-16H2,1-3H3,(H,32,38)(H,31,33,34). The number of carbonyl (C=O) groups is 1. The van der Waals surface area contributed by atoms with Crippen molar-refractivity contribution in [3.05, 3.63) is 71.5 Å². The molecule has 39 heavy (non-hydrogen) atoms. The van der Waals surface area contributed by atoms with Crippen LogP contribution in [0, 0.1) is 0 Å². The number of nitrogens with zero attached hydrogens (tertiary/aromatic N) is 5. The van der Waals surface area contributed by atoms with Gasteiger partial charge >= 0.3 is 0 Å². The summed E-state index contributed by atoms with van der Waals surface area (Å²) in [5.41, 5.74) is 7.52. The third kappa shape index (κ3) is 4.97. The molecule has 3 heterocycles. The van der Waals surface area contributed by atoms with Gasteiger partial charge in [-0.1, -0.05) is 30.3 Å². The number of nitrogens with one attached hydrogen (secondary N) is 2. The zero-order valence-electron chi connectivity index (χ0n) is 22.6. The van der Waals surface area contributed by atoms with Crippen molar-refractivity contribution in [2.45, 2.75) is 31.7 Å². The van der Waals surface area contributed by atoms with E-state index in [0.717, 1.165) is 72.5 Å². The molecule has 1 amide bonds. The van der Waals surface area contributed by atoms with Crippen molar-refractivity contribution in [1.29, 1.82) is 0 Å². The molecule has 0 bridgehead atoms. The molecule has 6 rings (SSSR count). The normalized spacial score (nSPS) is 15.4. The van der Waals surface area contributed by atoms with Gasteiger partial charge in [0.1, 0.15) is 5.75 Å². The van der Waals surface area contributed by atoms with Crippen molar-refractivity contribution < 1.29 is 9.53 Å². The number of benzene rings is 2. The van der Waals surface area contributed by atoms with E-state index in [1.807, 2.05) is 42.2 Å². The van der Waals surface area contributed by atoms with Gasteiger partial charge < -0.3 is 20.3 Å². The van der Waals surface area contributed by atoms with E-state index in [1.165, 1.54) is 0 Å². The van der Waals surface area contributed by atoms with Crippen LogP contribution in [0.5, 0.6) is 5.75 Å². The van der Waals surface area contributed by atoms with Crippen molar-refractivity contribution >= 4 is 17.5 Å². The molecule has 1 fully saturated rings. The van der Waals surface area contributed by atoms with E-state index < -0.39 is 0 Å². The number of anilines is 2. The quantitative estimate of drug-likeness (QED) is 0.391. The minimum absolute atomic E-state index is 0.0861. The molecule has 2 aliphatic rings. The lowest BCUT2D eigenvalue weighted by Crippen LogP contribution is -2.43. The number of hydrogen-bond acceptors (Lipinski definition) is 7. The Balaban J connectivity index is 1.27. The summed E-state index contributed by atoms with van der Waals surface area (Å²) in [4.78, 5) is 24.8. The van der Waals surface area contributed by atoms with Crippen LogP contribution in [0.15, 0.2) is 54.7 Å². The summed E-state index contributed by atoms with van der Waals surface area (Å²) in [6.45, 7) is 1.98. The maximum atomic E-state index is 12.9. The first-order valence-corrected chi connectivity index (χ1v) is 13.4. The van der Waals surface area contributed by atoms with Gasteiger partial charge in [0.15, 0.2) is 0 Å². The highest BCUT2D eigenvalue weighted by molar-refractivity contribution is 5.95. The first-order chi connectivity index (χ1) is 19.0. The van der Waals surface area contributed by atoms with Crippen LogP contribution in [-0.2, 0) is 19.9 Å².